The van der Waals surface area contributed by atoms with Crippen LogP contribution in [0.2, 0.25) is 0 Å². The van der Waals surface area contributed by atoms with E-state index in [1.165, 1.54) is 7.11 Å². The highest BCUT2D eigenvalue weighted by atomic mass is 16.5. The second-order valence-corrected chi connectivity index (χ2v) is 10.2. The van der Waals surface area contributed by atoms with Crippen molar-refractivity contribution in [3.8, 4) is 17.3 Å². The van der Waals surface area contributed by atoms with Gasteiger partial charge in [-0.05, 0) is 74.2 Å². The molecule has 1 unspecified atom stereocenters. The van der Waals surface area contributed by atoms with Crippen molar-refractivity contribution in [1.82, 2.24) is 20.2 Å². The Balaban J connectivity index is 1.25. The van der Waals surface area contributed by atoms with E-state index >= 15 is 0 Å². The van der Waals surface area contributed by atoms with E-state index < -0.39 is 6.10 Å². The van der Waals surface area contributed by atoms with Crippen molar-refractivity contribution >= 4 is 5.91 Å². The fraction of sp³-hybridized carbons (Fsp3) is 0.312. The molecule has 0 saturated carbocycles. The molecule has 0 aliphatic rings. The van der Waals surface area contributed by atoms with Crippen molar-refractivity contribution in [3.63, 3.8) is 0 Å². The predicted molar refractivity (Wildman–Crippen MR) is 156 cm³/mol. The Morgan fingerprint density at radius 3 is 2.45 bits per heavy atom. The van der Waals surface area contributed by atoms with E-state index in [0.29, 0.717) is 18.8 Å². The number of carbonyl (C=O) groups excluding carboxylic acids is 1. The number of methoxy groups -OCH3 is 1. The fourth-order valence-electron chi connectivity index (χ4n) is 4.76. The van der Waals surface area contributed by atoms with Gasteiger partial charge in [0.05, 0.1) is 19.6 Å². The van der Waals surface area contributed by atoms with Gasteiger partial charge in [-0.1, -0.05) is 36.4 Å². The molecule has 4 N–H and O–H groups in total. The minimum atomic E-state index is -0.667. The van der Waals surface area contributed by atoms with E-state index in [1.807, 2.05) is 50.2 Å². The number of nitrogens with zero attached hydrogens (tertiary/aromatic N) is 2. The molecule has 4 rings (SSSR count). The number of aliphatic hydroxyl groups excluding tert-OH is 1. The lowest BCUT2D eigenvalue weighted by atomic mass is 10.0. The van der Waals surface area contributed by atoms with Gasteiger partial charge in [0, 0.05) is 42.3 Å². The van der Waals surface area contributed by atoms with Crippen LogP contribution >= 0.6 is 0 Å². The molecule has 1 amide bonds. The molecule has 0 fully saturated rings. The molecule has 2 aromatic carbocycles. The quantitative estimate of drug-likeness (QED) is 0.212. The van der Waals surface area contributed by atoms with Crippen molar-refractivity contribution < 1.29 is 19.7 Å². The zero-order valence-corrected chi connectivity index (χ0v) is 23.5. The van der Waals surface area contributed by atoms with Crippen LogP contribution in [0.4, 0.5) is 0 Å². The number of aromatic hydroxyl groups is 1. The lowest BCUT2D eigenvalue weighted by molar-refractivity contribution is -0.120. The highest BCUT2D eigenvalue weighted by Gasteiger charge is 2.13. The number of hydrogen-bond acceptors (Lipinski definition) is 6. The average molecular weight is 543 g/mol. The van der Waals surface area contributed by atoms with Gasteiger partial charge >= 0.3 is 0 Å². The lowest BCUT2D eigenvalue weighted by Crippen LogP contribution is -2.32. The van der Waals surface area contributed by atoms with E-state index in [2.05, 4.69) is 39.2 Å². The third-order valence-corrected chi connectivity index (χ3v) is 6.95. The molecule has 0 radical (unpaired) electrons. The number of aryl methyl sites for hydroxylation is 2. The monoisotopic (exact) mass is 542 g/mol. The van der Waals surface area contributed by atoms with E-state index in [1.54, 1.807) is 24.4 Å². The van der Waals surface area contributed by atoms with Crippen LogP contribution < -0.4 is 15.4 Å². The summed E-state index contributed by atoms with van der Waals surface area (Å²) in [6.07, 6.45) is 2.10. The summed E-state index contributed by atoms with van der Waals surface area (Å²) in [6, 6.07) is 21.1. The van der Waals surface area contributed by atoms with Crippen LogP contribution in [0, 0.1) is 13.8 Å². The molecule has 2 heterocycles. The number of ether oxygens (including phenoxy) is 1. The van der Waals surface area contributed by atoms with Gasteiger partial charge < -0.3 is 30.2 Å². The summed E-state index contributed by atoms with van der Waals surface area (Å²) >= 11 is 0. The van der Waals surface area contributed by atoms with Gasteiger partial charge in [0.15, 0.2) is 11.5 Å². The van der Waals surface area contributed by atoms with Crippen molar-refractivity contribution in [2.45, 2.75) is 52.3 Å². The first-order valence-electron chi connectivity index (χ1n) is 13.5. The van der Waals surface area contributed by atoms with Crippen LogP contribution in [0.1, 0.15) is 46.7 Å². The Morgan fingerprint density at radius 2 is 1.75 bits per heavy atom. The molecule has 40 heavy (non-hydrogen) atoms. The second kappa shape index (κ2) is 13.3. The third kappa shape index (κ3) is 7.49. The maximum atomic E-state index is 12.5. The van der Waals surface area contributed by atoms with Crippen molar-refractivity contribution in [2.24, 2.45) is 0 Å². The van der Waals surface area contributed by atoms with Gasteiger partial charge in [-0.3, -0.25) is 4.79 Å². The van der Waals surface area contributed by atoms with Crippen molar-refractivity contribution in [1.29, 1.82) is 0 Å². The molecule has 0 bridgehead atoms. The van der Waals surface area contributed by atoms with Crippen LogP contribution in [0.25, 0.3) is 5.82 Å². The van der Waals surface area contributed by atoms with Crippen LogP contribution in [-0.4, -0.2) is 45.4 Å². The molecular formula is C32H38N4O4. The number of hydrogen-bond donors (Lipinski definition) is 4. The van der Waals surface area contributed by atoms with E-state index in [0.717, 1.165) is 45.9 Å². The minimum absolute atomic E-state index is 0.0667. The van der Waals surface area contributed by atoms with Gasteiger partial charge in [0.1, 0.15) is 5.82 Å². The Hall–Kier alpha value is -4.14. The Labute approximate surface area is 235 Å². The topological polar surface area (TPSA) is 109 Å². The first-order valence-corrected chi connectivity index (χ1v) is 13.5. The number of amides is 1. The summed E-state index contributed by atoms with van der Waals surface area (Å²) in [5.41, 5.74) is 5.90. The van der Waals surface area contributed by atoms with Gasteiger partial charge in [-0.2, -0.15) is 0 Å². The largest absolute Gasteiger partial charge is 0.504 e. The molecule has 0 aliphatic carbocycles. The summed E-state index contributed by atoms with van der Waals surface area (Å²) in [7, 11) is 1.49. The van der Waals surface area contributed by atoms with E-state index in [9.17, 15) is 15.0 Å². The van der Waals surface area contributed by atoms with E-state index in [-0.39, 0.29) is 24.1 Å². The zero-order chi connectivity index (χ0) is 28.6. The molecule has 2 atom stereocenters. The fourth-order valence-corrected chi connectivity index (χ4v) is 4.76. The maximum absolute atomic E-state index is 12.5. The number of pyridine rings is 1. The second-order valence-electron chi connectivity index (χ2n) is 10.2. The Bertz CT molecular complexity index is 1410. The Morgan fingerprint density at radius 1 is 1.00 bits per heavy atom. The normalized spacial score (nSPS) is 12.6. The minimum Gasteiger partial charge on any atom is -0.504 e. The van der Waals surface area contributed by atoms with Crippen LogP contribution in [0.5, 0.6) is 11.5 Å². The first kappa shape index (κ1) is 28.9. The number of aromatic nitrogens is 2. The molecule has 210 valence electrons. The standard InChI is InChI=1S/C32H38N4O4/c1-21(33-20-29(38)27-11-13-31(34-19-27)36-22(2)8-9-23(36)3)14-24-6-5-7-25(15-24)17-32(39)35-18-26-10-12-28(37)30(16-26)40-4/h5-13,15-16,19,21,29,33,37-38H,14,17-18,20H2,1-4H3,(H,35,39)/t21?,29-/m0/s1. The van der Waals surface area contributed by atoms with Gasteiger partial charge in [-0.25, -0.2) is 4.98 Å². The Kier molecular flexibility index (Phi) is 9.58. The molecular weight excluding hydrogens is 504 g/mol. The number of benzene rings is 2. The van der Waals surface area contributed by atoms with Gasteiger partial charge in [0.25, 0.3) is 0 Å². The number of aliphatic hydroxyl groups is 1. The predicted octanol–water partition coefficient (Wildman–Crippen LogP) is 4.32. The third-order valence-electron chi connectivity index (χ3n) is 6.95. The number of rotatable bonds is 12. The van der Waals surface area contributed by atoms with Gasteiger partial charge in [0.2, 0.25) is 5.91 Å². The summed E-state index contributed by atoms with van der Waals surface area (Å²) in [5.74, 6) is 1.20. The average Bonchev–Trinajstić information content (AvgIpc) is 3.29. The van der Waals surface area contributed by atoms with Crippen molar-refractivity contribution in [3.05, 3.63) is 107 Å². The first-order chi connectivity index (χ1) is 19.2. The number of carbonyl (C=O) groups is 1. The summed E-state index contributed by atoms with van der Waals surface area (Å²) in [6.45, 7) is 6.93. The SMILES string of the molecule is COc1cc(CNC(=O)Cc2cccc(CC(C)NC[C@H](O)c3ccc(-n4c(C)ccc4C)nc3)c2)ccc1O. The summed E-state index contributed by atoms with van der Waals surface area (Å²) in [5, 5.41) is 26.8. The molecule has 8 nitrogen and oxygen atoms in total. The maximum Gasteiger partial charge on any atom is 0.224 e. The number of nitrogens with one attached hydrogen (secondary N) is 2. The van der Waals surface area contributed by atoms with Crippen LogP contribution in [-0.2, 0) is 24.2 Å². The number of phenolic OH excluding ortho intramolecular Hbond substituents is 1. The molecule has 0 saturated heterocycles. The summed E-state index contributed by atoms with van der Waals surface area (Å²) in [4.78, 5) is 17.1. The molecule has 2 aromatic heterocycles. The molecule has 0 spiro atoms. The lowest BCUT2D eigenvalue weighted by Gasteiger charge is -2.18. The highest BCUT2D eigenvalue weighted by molar-refractivity contribution is 5.78. The molecule has 0 aliphatic heterocycles. The summed E-state index contributed by atoms with van der Waals surface area (Å²) < 4.78 is 7.21. The van der Waals surface area contributed by atoms with Crippen molar-refractivity contribution in [2.75, 3.05) is 13.7 Å². The number of phenols is 1. The molecule has 4 aromatic rings. The van der Waals surface area contributed by atoms with Crippen LogP contribution in [0.3, 0.4) is 0 Å². The highest BCUT2D eigenvalue weighted by Crippen LogP contribution is 2.26. The molecule has 8 heteroatoms. The van der Waals surface area contributed by atoms with Crippen LogP contribution in [0.15, 0.2) is 72.9 Å². The zero-order valence-electron chi connectivity index (χ0n) is 23.5. The van der Waals surface area contributed by atoms with E-state index in [4.69, 9.17) is 4.74 Å². The smallest absolute Gasteiger partial charge is 0.224 e. The van der Waals surface area contributed by atoms with Gasteiger partial charge in [-0.15, -0.1) is 0 Å².